The summed E-state index contributed by atoms with van der Waals surface area (Å²) in [5.41, 5.74) is -0.478. The van der Waals surface area contributed by atoms with Crippen LogP contribution in [0.5, 0.6) is 0 Å². The number of rotatable bonds is 6. The van der Waals surface area contributed by atoms with Gasteiger partial charge in [-0.2, -0.15) is 0 Å². The summed E-state index contributed by atoms with van der Waals surface area (Å²) < 4.78 is 13.0. The number of nitro benzene ring substituents is 1. The number of carbonyl (C=O) groups is 1. The van der Waals surface area contributed by atoms with Crippen molar-refractivity contribution in [2.45, 2.75) is 26.3 Å². The predicted molar refractivity (Wildman–Crippen MR) is 67.6 cm³/mol. The summed E-state index contributed by atoms with van der Waals surface area (Å²) in [5, 5.41) is 22.5. The average molecular weight is 270 g/mol. The van der Waals surface area contributed by atoms with Crippen molar-refractivity contribution in [2.75, 3.05) is 5.32 Å². The highest BCUT2D eigenvalue weighted by Gasteiger charge is 2.26. The Morgan fingerprint density at radius 2 is 2.21 bits per heavy atom. The summed E-state index contributed by atoms with van der Waals surface area (Å²) in [4.78, 5) is 21.2. The Kier molecular flexibility index (Phi) is 4.80. The summed E-state index contributed by atoms with van der Waals surface area (Å²) >= 11 is 0. The second-order valence-corrected chi connectivity index (χ2v) is 4.26. The van der Waals surface area contributed by atoms with Crippen LogP contribution in [0.2, 0.25) is 0 Å². The highest BCUT2D eigenvalue weighted by molar-refractivity contribution is 5.79. The van der Waals surface area contributed by atoms with Gasteiger partial charge in [0, 0.05) is 0 Å². The maximum atomic E-state index is 13.0. The largest absolute Gasteiger partial charge is 0.480 e. The third-order valence-electron chi connectivity index (χ3n) is 2.95. The third-order valence-corrected chi connectivity index (χ3v) is 2.95. The lowest BCUT2D eigenvalue weighted by molar-refractivity contribution is -0.384. The van der Waals surface area contributed by atoms with Crippen molar-refractivity contribution in [1.29, 1.82) is 0 Å². The van der Waals surface area contributed by atoms with Gasteiger partial charge in [0.25, 0.3) is 5.69 Å². The molecule has 6 nitrogen and oxygen atoms in total. The van der Waals surface area contributed by atoms with E-state index in [4.69, 9.17) is 5.11 Å². The zero-order chi connectivity index (χ0) is 14.6. The molecule has 0 spiro atoms. The smallest absolute Gasteiger partial charge is 0.326 e. The van der Waals surface area contributed by atoms with E-state index in [-0.39, 0.29) is 11.6 Å². The van der Waals surface area contributed by atoms with E-state index in [0.29, 0.717) is 6.42 Å². The summed E-state index contributed by atoms with van der Waals surface area (Å²) in [6.45, 7) is 3.54. The summed E-state index contributed by atoms with van der Waals surface area (Å²) in [5.74, 6) is -2.07. The highest BCUT2D eigenvalue weighted by atomic mass is 19.1. The van der Waals surface area contributed by atoms with Gasteiger partial charge in [0.05, 0.1) is 11.0 Å². The van der Waals surface area contributed by atoms with Gasteiger partial charge < -0.3 is 10.4 Å². The molecular weight excluding hydrogens is 255 g/mol. The molecule has 2 N–H and O–H groups in total. The number of benzene rings is 1. The molecule has 19 heavy (non-hydrogen) atoms. The second-order valence-electron chi connectivity index (χ2n) is 4.26. The van der Waals surface area contributed by atoms with Crippen LogP contribution in [0, 0.1) is 21.8 Å². The van der Waals surface area contributed by atoms with E-state index in [9.17, 15) is 19.3 Å². The Balaban J connectivity index is 3.09. The van der Waals surface area contributed by atoms with E-state index in [1.165, 1.54) is 6.07 Å². The maximum absolute atomic E-state index is 13.0. The molecule has 104 valence electrons. The Hall–Kier alpha value is -2.18. The number of hydrogen-bond acceptors (Lipinski definition) is 4. The number of carboxylic acid groups (broad SMARTS) is 1. The first-order valence-corrected chi connectivity index (χ1v) is 5.80. The molecule has 2 atom stereocenters. The Morgan fingerprint density at radius 3 is 2.68 bits per heavy atom. The van der Waals surface area contributed by atoms with E-state index < -0.39 is 28.4 Å². The highest BCUT2D eigenvalue weighted by Crippen LogP contribution is 2.27. The molecule has 0 saturated heterocycles. The van der Waals surface area contributed by atoms with E-state index in [1.54, 1.807) is 6.92 Å². The zero-order valence-corrected chi connectivity index (χ0v) is 10.6. The number of nitrogens with zero attached hydrogens (tertiary/aromatic N) is 1. The molecule has 0 fully saturated rings. The molecular formula is C12H15FN2O4. The number of nitrogens with one attached hydrogen (secondary N) is 1. The number of anilines is 1. The fraction of sp³-hybridized carbons (Fsp3) is 0.417. The van der Waals surface area contributed by atoms with Crippen molar-refractivity contribution >= 4 is 17.3 Å². The normalized spacial score (nSPS) is 13.6. The molecule has 7 heteroatoms. The fourth-order valence-electron chi connectivity index (χ4n) is 1.63. The van der Waals surface area contributed by atoms with Crippen LogP contribution in [0.4, 0.5) is 15.8 Å². The minimum Gasteiger partial charge on any atom is -0.480 e. The molecule has 0 aliphatic rings. The van der Waals surface area contributed by atoms with Crippen molar-refractivity contribution in [3.63, 3.8) is 0 Å². The average Bonchev–Trinajstić information content (AvgIpc) is 2.35. The number of halogens is 1. The van der Waals surface area contributed by atoms with E-state index in [0.717, 1.165) is 12.1 Å². The molecule has 1 aromatic carbocycles. The topological polar surface area (TPSA) is 92.5 Å². The van der Waals surface area contributed by atoms with Gasteiger partial charge in [-0.3, -0.25) is 10.1 Å². The Labute approximate surface area is 109 Å². The standard InChI is InChI=1S/C12H15FN2O4/c1-3-7(2)11(12(16)17)14-9-5-4-8(13)6-10(9)15(18)19/h4-7,11,14H,3H2,1-2H3,(H,16,17)/t7-,11-/m0/s1. The maximum Gasteiger partial charge on any atom is 0.326 e. The molecule has 0 aromatic heterocycles. The quantitative estimate of drug-likeness (QED) is 0.612. The van der Waals surface area contributed by atoms with Crippen LogP contribution in [0.15, 0.2) is 18.2 Å². The second kappa shape index (κ2) is 6.12. The predicted octanol–water partition coefficient (Wildman–Crippen LogP) is 2.65. The molecule has 0 bridgehead atoms. The van der Waals surface area contributed by atoms with Gasteiger partial charge in [-0.05, 0) is 18.1 Å². The zero-order valence-electron chi connectivity index (χ0n) is 10.6. The van der Waals surface area contributed by atoms with Crippen LogP contribution >= 0.6 is 0 Å². The fourth-order valence-corrected chi connectivity index (χ4v) is 1.63. The van der Waals surface area contributed by atoms with Crippen molar-refractivity contribution in [3.8, 4) is 0 Å². The Bertz CT molecular complexity index is 493. The molecule has 1 aromatic rings. The van der Waals surface area contributed by atoms with Gasteiger partial charge in [-0.1, -0.05) is 20.3 Å². The molecule has 0 radical (unpaired) electrons. The van der Waals surface area contributed by atoms with Gasteiger partial charge in [0.2, 0.25) is 0 Å². The molecule has 0 unspecified atom stereocenters. The van der Waals surface area contributed by atoms with Crippen molar-refractivity contribution in [3.05, 3.63) is 34.1 Å². The third kappa shape index (κ3) is 3.64. The monoisotopic (exact) mass is 270 g/mol. The first kappa shape index (κ1) is 14.9. The molecule has 0 saturated carbocycles. The lowest BCUT2D eigenvalue weighted by Crippen LogP contribution is -2.35. The first-order chi connectivity index (χ1) is 8.86. The lowest BCUT2D eigenvalue weighted by Gasteiger charge is -2.21. The van der Waals surface area contributed by atoms with E-state index >= 15 is 0 Å². The van der Waals surface area contributed by atoms with Crippen LogP contribution in [-0.2, 0) is 4.79 Å². The van der Waals surface area contributed by atoms with Gasteiger partial charge in [0.1, 0.15) is 17.5 Å². The van der Waals surface area contributed by atoms with Gasteiger partial charge in [-0.15, -0.1) is 0 Å². The van der Waals surface area contributed by atoms with Crippen molar-refractivity contribution < 1.29 is 19.2 Å². The minimum atomic E-state index is -1.10. The van der Waals surface area contributed by atoms with Crippen LogP contribution < -0.4 is 5.32 Å². The number of aliphatic carboxylic acids is 1. The molecule has 0 amide bonds. The summed E-state index contributed by atoms with van der Waals surface area (Å²) in [6.07, 6.45) is 0.596. The molecule has 0 aliphatic heterocycles. The van der Waals surface area contributed by atoms with Crippen LogP contribution in [0.3, 0.4) is 0 Å². The van der Waals surface area contributed by atoms with Crippen LogP contribution in [0.25, 0.3) is 0 Å². The molecule has 0 aliphatic carbocycles. The van der Waals surface area contributed by atoms with E-state index in [2.05, 4.69) is 5.32 Å². The van der Waals surface area contributed by atoms with Crippen molar-refractivity contribution in [2.24, 2.45) is 5.92 Å². The molecule has 1 rings (SSSR count). The number of hydrogen-bond donors (Lipinski definition) is 2. The Morgan fingerprint density at radius 1 is 1.58 bits per heavy atom. The van der Waals surface area contributed by atoms with Crippen molar-refractivity contribution in [1.82, 2.24) is 0 Å². The first-order valence-electron chi connectivity index (χ1n) is 5.80. The van der Waals surface area contributed by atoms with Gasteiger partial charge in [0.15, 0.2) is 0 Å². The molecule has 0 heterocycles. The van der Waals surface area contributed by atoms with Gasteiger partial charge >= 0.3 is 5.97 Å². The van der Waals surface area contributed by atoms with Gasteiger partial charge in [-0.25, -0.2) is 9.18 Å². The summed E-state index contributed by atoms with van der Waals surface area (Å²) in [6, 6.07) is 2.02. The van der Waals surface area contributed by atoms with Crippen LogP contribution in [-0.4, -0.2) is 22.0 Å². The van der Waals surface area contributed by atoms with Crippen LogP contribution in [0.1, 0.15) is 20.3 Å². The number of carboxylic acids is 1. The minimum absolute atomic E-state index is 0.000833. The lowest BCUT2D eigenvalue weighted by atomic mass is 9.99. The SMILES string of the molecule is CC[C@H](C)[C@H](Nc1ccc(F)cc1[N+](=O)[O-])C(=O)O. The number of nitro groups is 1. The summed E-state index contributed by atoms with van der Waals surface area (Å²) in [7, 11) is 0. The van der Waals surface area contributed by atoms with E-state index in [1.807, 2.05) is 6.92 Å².